The molecule has 0 aliphatic carbocycles. The molecular weight excluding hydrogens is 264 g/mol. The molecule has 0 heterocycles. The fourth-order valence-corrected chi connectivity index (χ4v) is 1.000. The Morgan fingerprint density at radius 3 is 2.29 bits per heavy atom. The van der Waals surface area contributed by atoms with Gasteiger partial charge in [-0.1, -0.05) is 6.07 Å². The molecule has 0 saturated heterocycles. The first-order chi connectivity index (χ1) is 7.30. The van der Waals surface area contributed by atoms with Gasteiger partial charge in [0.25, 0.3) is 0 Å². The summed E-state index contributed by atoms with van der Waals surface area (Å²) in [6, 6.07) is 1.88. The van der Waals surface area contributed by atoms with Gasteiger partial charge in [-0.3, -0.25) is 0 Å². The highest BCUT2D eigenvalue weighted by Crippen LogP contribution is 2.30. The lowest BCUT2D eigenvalue weighted by Gasteiger charge is -2.07. The maximum atomic E-state index is 13.1. The van der Waals surface area contributed by atoms with Crippen LogP contribution in [0.1, 0.15) is 11.1 Å². The number of alkyl halides is 3. The monoisotopic (exact) mass is 270 g/mol. The Balaban J connectivity index is 0.00000256. The van der Waals surface area contributed by atoms with E-state index in [1.807, 2.05) is 0 Å². The minimum absolute atomic E-state index is 0. The van der Waals surface area contributed by atoms with Gasteiger partial charge in [-0.05, 0) is 18.2 Å². The van der Waals surface area contributed by atoms with Gasteiger partial charge in [0, 0.05) is 11.6 Å². The Kier molecular flexibility index (Phi) is 5.15. The van der Waals surface area contributed by atoms with Crippen LogP contribution in [0, 0.1) is 5.82 Å². The van der Waals surface area contributed by atoms with Crippen molar-refractivity contribution in [3.63, 3.8) is 0 Å². The first kappa shape index (κ1) is 15.4. The van der Waals surface area contributed by atoms with E-state index in [-0.39, 0.29) is 18.0 Å². The highest BCUT2D eigenvalue weighted by molar-refractivity contribution is 5.85. The van der Waals surface area contributed by atoms with Gasteiger partial charge in [-0.25, -0.2) is 9.18 Å². The quantitative estimate of drug-likeness (QED) is 0.661. The van der Waals surface area contributed by atoms with Crippen molar-refractivity contribution >= 4 is 24.5 Å². The van der Waals surface area contributed by atoms with E-state index in [0.29, 0.717) is 18.2 Å². The van der Waals surface area contributed by atoms with Gasteiger partial charge in [-0.2, -0.15) is 13.2 Å². The van der Waals surface area contributed by atoms with Crippen LogP contribution in [-0.4, -0.2) is 11.1 Å². The molecule has 0 radical (unpaired) electrons. The lowest BCUT2D eigenvalue weighted by atomic mass is 10.1. The van der Waals surface area contributed by atoms with Crippen molar-refractivity contribution in [1.82, 2.24) is 0 Å². The Hall–Kier alpha value is -1.56. The summed E-state index contributed by atoms with van der Waals surface area (Å²) in [5, 5.41) is 8.26. The van der Waals surface area contributed by atoms with Gasteiger partial charge in [0.05, 0.1) is 5.56 Å². The van der Waals surface area contributed by atoms with Gasteiger partial charge < -0.3 is 5.11 Å². The maximum absolute atomic E-state index is 13.1. The zero-order chi connectivity index (χ0) is 12.3. The highest BCUT2D eigenvalue weighted by Gasteiger charge is 2.30. The van der Waals surface area contributed by atoms with Crippen LogP contribution >= 0.6 is 12.4 Å². The second-order valence-corrected chi connectivity index (χ2v) is 2.91. The predicted octanol–water partition coefficient (Wildman–Crippen LogP) is 3.36. The SMILES string of the molecule is Cl.O=C(O)C=Cc1ccc(C(F)(F)F)cc1F. The molecule has 1 N–H and O–H groups in total. The third-order valence-electron chi connectivity index (χ3n) is 1.73. The summed E-state index contributed by atoms with van der Waals surface area (Å²) < 4.78 is 49.5. The van der Waals surface area contributed by atoms with E-state index in [4.69, 9.17) is 5.11 Å². The van der Waals surface area contributed by atoms with Crippen LogP contribution in [0.15, 0.2) is 24.3 Å². The normalized spacial score (nSPS) is 11.3. The zero-order valence-electron chi connectivity index (χ0n) is 8.16. The molecule has 0 atom stereocenters. The van der Waals surface area contributed by atoms with E-state index in [2.05, 4.69) is 0 Å². The predicted molar refractivity (Wildman–Crippen MR) is 55.3 cm³/mol. The lowest BCUT2D eigenvalue weighted by Crippen LogP contribution is -2.05. The second-order valence-electron chi connectivity index (χ2n) is 2.91. The standard InChI is InChI=1S/C10H6F4O2.ClH/c11-8-5-7(10(12,13)14)3-1-6(8)2-4-9(15)16;/h1-5H,(H,15,16);1H. The van der Waals surface area contributed by atoms with Gasteiger partial charge >= 0.3 is 12.1 Å². The van der Waals surface area contributed by atoms with Crippen LogP contribution in [0.2, 0.25) is 0 Å². The number of halogens is 5. The summed E-state index contributed by atoms with van der Waals surface area (Å²) in [7, 11) is 0. The van der Waals surface area contributed by atoms with Gasteiger partial charge in [0.1, 0.15) is 5.82 Å². The molecule has 0 aromatic heterocycles. The average Bonchev–Trinajstić information content (AvgIpc) is 2.14. The number of aliphatic carboxylic acids is 1. The zero-order valence-corrected chi connectivity index (χ0v) is 8.98. The average molecular weight is 271 g/mol. The number of hydrogen-bond acceptors (Lipinski definition) is 1. The van der Waals surface area contributed by atoms with Crippen molar-refractivity contribution in [2.24, 2.45) is 0 Å². The van der Waals surface area contributed by atoms with E-state index in [0.717, 1.165) is 12.1 Å². The first-order valence-electron chi connectivity index (χ1n) is 4.08. The molecule has 0 fully saturated rings. The molecule has 1 aromatic carbocycles. The minimum atomic E-state index is -4.62. The van der Waals surface area contributed by atoms with E-state index in [1.54, 1.807) is 0 Å². The number of carboxylic acids is 1. The lowest BCUT2D eigenvalue weighted by molar-refractivity contribution is -0.137. The molecule has 0 aliphatic heterocycles. The summed E-state index contributed by atoms with van der Waals surface area (Å²) in [6.45, 7) is 0. The van der Waals surface area contributed by atoms with Gasteiger partial charge in [0.15, 0.2) is 0 Å². The second kappa shape index (κ2) is 5.67. The van der Waals surface area contributed by atoms with Crippen molar-refractivity contribution in [3.8, 4) is 0 Å². The number of benzene rings is 1. The highest BCUT2D eigenvalue weighted by atomic mass is 35.5. The van der Waals surface area contributed by atoms with Crippen LogP contribution in [0.3, 0.4) is 0 Å². The number of hydrogen-bond donors (Lipinski definition) is 1. The van der Waals surface area contributed by atoms with E-state index < -0.39 is 23.5 Å². The van der Waals surface area contributed by atoms with Gasteiger partial charge in [0.2, 0.25) is 0 Å². The number of carboxylic acid groups (broad SMARTS) is 1. The Bertz CT molecular complexity index is 440. The third-order valence-corrected chi connectivity index (χ3v) is 1.73. The first-order valence-corrected chi connectivity index (χ1v) is 4.08. The Labute approximate surface area is 100.0 Å². The molecule has 0 spiro atoms. The Morgan fingerprint density at radius 2 is 1.88 bits per heavy atom. The molecule has 7 heteroatoms. The number of rotatable bonds is 2. The van der Waals surface area contributed by atoms with Crippen molar-refractivity contribution in [2.75, 3.05) is 0 Å². The molecule has 2 nitrogen and oxygen atoms in total. The molecule has 0 unspecified atom stereocenters. The van der Waals surface area contributed by atoms with Crippen LogP contribution < -0.4 is 0 Å². The van der Waals surface area contributed by atoms with Crippen LogP contribution in [0.4, 0.5) is 17.6 Å². The van der Waals surface area contributed by atoms with Crippen LogP contribution in [-0.2, 0) is 11.0 Å². The van der Waals surface area contributed by atoms with Crippen molar-refractivity contribution < 1.29 is 27.5 Å². The molecule has 1 rings (SSSR count). The van der Waals surface area contributed by atoms with Crippen molar-refractivity contribution in [1.29, 1.82) is 0 Å². The maximum Gasteiger partial charge on any atom is 0.416 e. The summed E-state index contributed by atoms with van der Waals surface area (Å²) in [5.74, 6) is -2.42. The minimum Gasteiger partial charge on any atom is -0.478 e. The molecular formula is C10H7ClF4O2. The van der Waals surface area contributed by atoms with E-state index >= 15 is 0 Å². The van der Waals surface area contributed by atoms with E-state index in [9.17, 15) is 22.4 Å². The largest absolute Gasteiger partial charge is 0.478 e. The summed E-state index contributed by atoms with van der Waals surface area (Å²) in [4.78, 5) is 10.1. The van der Waals surface area contributed by atoms with E-state index in [1.165, 1.54) is 0 Å². The summed E-state index contributed by atoms with van der Waals surface area (Å²) in [5.41, 5.74) is -1.33. The molecule has 0 aliphatic rings. The molecule has 0 saturated carbocycles. The molecule has 1 aromatic rings. The topological polar surface area (TPSA) is 37.3 Å². The Morgan fingerprint density at radius 1 is 1.29 bits per heavy atom. The molecule has 0 amide bonds. The molecule has 94 valence electrons. The molecule has 0 bridgehead atoms. The van der Waals surface area contributed by atoms with Crippen molar-refractivity contribution in [2.45, 2.75) is 6.18 Å². The summed E-state index contributed by atoms with van der Waals surface area (Å²) >= 11 is 0. The van der Waals surface area contributed by atoms with Gasteiger partial charge in [-0.15, -0.1) is 12.4 Å². The van der Waals surface area contributed by atoms with Crippen LogP contribution in [0.25, 0.3) is 6.08 Å². The molecule has 17 heavy (non-hydrogen) atoms. The summed E-state index contributed by atoms with van der Waals surface area (Å²) in [6.07, 6.45) is -3.08. The fraction of sp³-hybridized carbons (Fsp3) is 0.100. The number of carbonyl (C=O) groups is 1. The fourth-order valence-electron chi connectivity index (χ4n) is 1.000. The third kappa shape index (κ3) is 4.44. The van der Waals surface area contributed by atoms with Crippen molar-refractivity contribution in [3.05, 3.63) is 41.2 Å². The smallest absolute Gasteiger partial charge is 0.416 e. The van der Waals surface area contributed by atoms with Crippen LogP contribution in [0.5, 0.6) is 0 Å².